The van der Waals surface area contributed by atoms with Crippen LogP contribution in [-0.2, 0) is 11.2 Å². The van der Waals surface area contributed by atoms with Crippen LogP contribution in [-0.4, -0.2) is 62.6 Å². The summed E-state index contributed by atoms with van der Waals surface area (Å²) < 4.78 is 22.0. The molecule has 7 nitrogen and oxygen atoms in total. The fourth-order valence-electron chi connectivity index (χ4n) is 3.85. The molecule has 0 saturated carbocycles. The number of hydrogen-bond donors (Lipinski definition) is 5. The van der Waals surface area contributed by atoms with Gasteiger partial charge in [-0.25, -0.2) is 4.39 Å². The SMILES string of the molecule is NCCc1ccc(Sc2cn([C@@H]3O[C@H](CO)[C@@H](O)[C@H](O)[C@H]3O)c3cccc(F)c23)cc1. The molecular formula is C22H25FN2O5S. The molecule has 9 heteroatoms. The first-order valence-electron chi connectivity index (χ1n) is 10.0. The first-order chi connectivity index (χ1) is 14.9. The molecule has 1 saturated heterocycles. The second kappa shape index (κ2) is 9.25. The van der Waals surface area contributed by atoms with Gasteiger partial charge in [0, 0.05) is 21.4 Å². The van der Waals surface area contributed by atoms with Gasteiger partial charge in [-0.15, -0.1) is 0 Å². The molecule has 31 heavy (non-hydrogen) atoms. The van der Waals surface area contributed by atoms with Crippen molar-refractivity contribution < 1.29 is 29.6 Å². The van der Waals surface area contributed by atoms with Gasteiger partial charge in [0.25, 0.3) is 0 Å². The molecular weight excluding hydrogens is 423 g/mol. The number of ether oxygens (including phenoxy) is 1. The van der Waals surface area contributed by atoms with Gasteiger partial charge in [0.2, 0.25) is 0 Å². The average molecular weight is 449 g/mol. The quantitative estimate of drug-likeness (QED) is 0.387. The summed E-state index contributed by atoms with van der Waals surface area (Å²) in [4.78, 5) is 1.51. The molecule has 2 heterocycles. The van der Waals surface area contributed by atoms with Crippen LogP contribution in [0.2, 0.25) is 0 Å². The van der Waals surface area contributed by atoms with Gasteiger partial charge in [-0.3, -0.25) is 0 Å². The standard InChI is InChI=1S/C22H25FN2O5S/c23-14-2-1-3-15-18(14)17(31-13-6-4-12(5-7-13)8-9-24)10-25(15)22-21(29)20(28)19(27)16(11-26)30-22/h1-7,10,16,19-22,26-29H,8-9,11,24H2/t16-,19-,20+,21-,22-/m1/s1. The highest BCUT2D eigenvalue weighted by Crippen LogP contribution is 2.40. The smallest absolute Gasteiger partial charge is 0.163 e. The van der Waals surface area contributed by atoms with Crippen molar-refractivity contribution >= 4 is 22.7 Å². The molecule has 6 N–H and O–H groups in total. The minimum atomic E-state index is -1.52. The number of benzene rings is 2. The molecule has 0 aliphatic carbocycles. The van der Waals surface area contributed by atoms with E-state index in [1.807, 2.05) is 24.3 Å². The highest BCUT2D eigenvalue weighted by atomic mass is 32.2. The van der Waals surface area contributed by atoms with Crippen LogP contribution in [0.15, 0.2) is 58.5 Å². The van der Waals surface area contributed by atoms with Crippen LogP contribution in [0.5, 0.6) is 0 Å². The van der Waals surface area contributed by atoms with E-state index in [0.717, 1.165) is 16.9 Å². The number of nitrogens with two attached hydrogens (primary N) is 1. The first kappa shape index (κ1) is 22.2. The minimum Gasteiger partial charge on any atom is -0.394 e. The molecule has 0 unspecified atom stereocenters. The van der Waals surface area contributed by atoms with Crippen molar-refractivity contribution in [3.63, 3.8) is 0 Å². The molecule has 2 aromatic carbocycles. The molecule has 1 aromatic heterocycles. The second-order valence-electron chi connectivity index (χ2n) is 7.54. The third-order valence-corrected chi connectivity index (χ3v) is 6.54. The third-order valence-electron chi connectivity index (χ3n) is 5.50. The van der Waals surface area contributed by atoms with Crippen molar-refractivity contribution in [3.05, 3.63) is 60.0 Å². The Labute approximate surface area is 182 Å². The largest absolute Gasteiger partial charge is 0.394 e. The Balaban J connectivity index is 1.73. The number of nitrogens with zero attached hydrogens (tertiary/aromatic N) is 1. The molecule has 3 aromatic rings. The Hall–Kier alpha value is -1.98. The highest BCUT2D eigenvalue weighted by Gasteiger charge is 2.44. The zero-order chi connectivity index (χ0) is 22.1. The molecule has 1 aliphatic heterocycles. The van der Waals surface area contributed by atoms with E-state index in [0.29, 0.717) is 22.3 Å². The van der Waals surface area contributed by atoms with E-state index < -0.39 is 43.1 Å². The van der Waals surface area contributed by atoms with E-state index in [1.54, 1.807) is 18.3 Å². The number of aliphatic hydroxyl groups excluding tert-OH is 4. The van der Waals surface area contributed by atoms with Crippen molar-refractivity contribution in [2.75, 3.05) is 13.2 Å². The van der Waals surface area contributed by atoms with Crippen LogP contribution in [0, 0.1) is 5.82 Å². The Morgan fingerprint density at radius 2 is 1.77 bits per heavy atom. The topological polar surface area (TPSA) is 121 Å². The number of aliphatic hydroxyl groups is 4. The minimum absolute atomic E-state index is 0.357. The lowest BCUT2D eigenvalue weighted by Gasteiger charge is -2.40. The maximum absolute atomic E-state index is 14.8. The maximum Gasteiger partial charge on any atom is 0.163 e. The molecule has 1 aliphatic rings. The van der Waals surface area contributed by atoms with Gasteiger partial charge in [-0.1, -0.05) is 30.0 Å². The van der Waals surface area contributed by atoms with E-state index in [-0.39, 0.29) is 0 Å². The van der Waals surface area contributed by atoms with Gasteiger partial charge in [-0.2, -0.15) is 0 Å². The highest BCUT2D eigenvalue weighted by molar-refractivity contribution is 7.99. The predicted octanol–water partition coefficient (Wildman–Crippen LogP) is 1.41. The summed E-state index contributed by atoms with van der Waals surface area (Å²) in [7, 11) is 0. The van der Waals surface area contributed by atoms with Crippen molar-refractivity contribution in [2.24, 2.45) is 5.73 Å². The fourth-order valence-corrected chi connectivity index (χ4v) is 4.85. The Morgan fingerprint density at radius 1 is 1.03 bits per heavy atom. The average Bonchev–Trinajstić information content (AvgIpc) is 3.13. The monoisotopic (exact) mass is 448 g/mol. The Kier molecular flexibility index (Phi) is 6.63. The Bertz CT molecular complexity index is 1040. The van der Waals surface area contributed by atoms with Gasteiger partial charge >= 0.3 is 0 Å². The maximum atomic E-state index is 14.8. The molecule has 0 radical (unpaired) electrons. The van der Waals surface area contributed by atoms with Gasteiger partial charge < -0.3 is 35.5 Å². The zero-order valence-electron chi connectivity index (χ0n) is 16.6. The number of aromatic nitrogens is 1. The number of halogens is 1. The van der Waals surface area contributed by atoms with Crippen LogP contribution in [0.3, 0.4) is 0 Å². The van der Waals surface area contributed by atoms with Gasteiger partial charge in [0.1, 0.15) is 30.2 Å². The van der Waals surface area contributed by atoms with Crippen LogP contribution in [0.4, 0.5) is 4.39 Å². The number of fused-ring (bicyclic) bond motifs is 1. The van der Waals surface area contributed by atoms with E-state index >= 15 is 0 Å². The summed E-state index contributed by atoms with van der Waals surface area (Å²) in [6, 6.07) is 12.4. The van der Waals surface area contributed by atoms with Crippen molar-refractivity contribution in [3.8, 4) is 0 Å². The van der Waals surface area contributed by atoms with Gasteiger partial charge in [-0.05, 0) is 42.8 Å². The summed E-state index contributed by atoms with van der Waals surface area (Å²) in [5.74, 6) is -0.428. The van der Waals surface area contributed by atoms with Gasteiger partial charge in [0.15, 0.2) is 6.23 Å². The molecule has 0 amide bonds. The predicted molar refractivity (Wildman–Crippen MR) is 114 cm³/mol. The van der Waals surface area contributed by atoms with E-state index in [2.05, 4.69) is 0 Å². The van der Waals surface area contributed by atoms with Crippen molar-refractivity contribution in [2.45, 2.75) is 46.9 Å². The molecule has 4 rings (SSSR count). The van der Waals surface area contributed by atoms with E-state index in [4.69, 9.17) is 10.5 Å². The molecule has 1 fully saturated rings. The molecule has 0 bridgehead atoms. The zero-order valence-corrected chi connectivity index (χ0v) is 17.5. The van der Waals surface area contributed by atoms with E-state index in [1.165, 1.54) is 22.4 Å². The summed E-state index contributed by atoms with van der Waals surface area (Å²) in [6.07, 6.45) is -4.19. The second-order valence-corrected chi connectivity index (χ2v) is 8.65. The van der Waals surface area contributed by atoms with Crippen molar-refractivity contribution in [1.82, 2.24) is 4.57 Å². The number of hydrogen-bond acceptors (Lipinski definition) is 7. The lowest BCUT2D eigenvalue weighted by atomic mass is 9.98. The van der Waals surface area contributed by atoms with Crippen molar-refractivity contribution in [1.29, 1.82) is 0 Å². The summed E-state index contributed by atoms with van der Waals surface area (Å²) >= 11 is 1.36. The first-order valence-corrected chi connectivity index (χ1v) is 10.8. The summed E-state index contributed by atoms with van der Waals surface area (Å²) in [6.45, 7) is 0.0239. The van der Waals surface area contributed by atoms with Crippen LogP contribution < -0.4 is 5.73 Å². The van der Waals surface area contributed by atoms with E-state index in [9.17, 15) is 24.8 Å². The number of rotatable bonds is 6. The van der Waals surface area contributed by atoms with Gasteiger partial charge in [0.05, 0.1) is 12.1 Å². The Morgan fingerprint density at radius 3 is 2.45 bits per heavy atom. The van der Waals surface area contributed by atoms with Crippen LogP contribution in [0.1, 0.15) is 11.8 Å². The lowest BCUT2D eigenvalue weighted by Crippen LogP contribution is -2.56. The molecule has 0 spiro atoms. The molecule has 5 atom stereocenters. The van der Waals surface area contributed by atoms with Crippen LogP contribution in [0.25, 0.3) is 10.9 Å². The van der Waals surface area contributed by atoms with Crippen LogP contribution >= 0.6 is 11.8 Å². The fraction of sp³-hybridized carbons (Fsp3) is 0.364. The molecule has 166 valence electrons. The lowest BCUT2D eigenvalue weighted by molar-refractivity contribution is -0.250. The third kappa shape index (κ3) is 4.22. The summed E-state index contributed by atoms with van der Waals surface area (Å²) in [5.41, 5.74) is 7.17. The normalized spacial score (nSPS) is 26.5. The summed E-state index contributed by atoms with van der Waals surface area (Å²) in [5, 5.41) is 40.6.